The van der Waals surface area contributed by atoms with Crippen LogP contribution in [0.1, 0.15) is 12.5 Å². The molecule has 172 valence electrons. The van der Waals surface area contributed by atoms with Gasteiger partial charge in [0, 0.05) is 20.7 Å². The Labute approximate surface area is 207 Å². The number of hydrogen-bond donors (Lipinski definition) is 1. The van der Waals surface area contributed by atoms with Crippen LogP contribution in [0.3, 0.4) is 0 Å². The summed E-state index contributed by atoms with van der Waals surface area (Å²) < 4.78 is 11.1. The van der Waals surface area contributed by atoms with Crippen molar-refractivity contribution in [2.24, 2.45) is 0 Å². The molecule has 8 nitrogen and oxygen atoms in total. The lowest BCUT2D eigenvalue weighted by Crippen LogP contribution is -2.36. The Morgan fingerprint density at radius 2 is 2.00 bits per heavy atom. The van der Waals surface area contributed by atoms with Gasteiger partial charge in [-0.3, -0.25) is 19.3 Å². The lowest BCUT2D eigenvalue weighted by atomic mass is 10.2. The van der Waals surface area contributed by atoms with Crippen LogP contribution in [0, 0.1) is 0 Å². The largest absolute Gasteiger partial charge is 0.481 e. The summed E-state index contributed by atoms with van der Waals surface area (Å²) in [5.41, 5.74) is 0.926. The van der Waals surface area contributed by atoms with Gasteiger partial charge in [-0.1, -0.05) is 33.6 Å². The molecule has 0 aliphatic carbocycles. The number of rotatable bonds is 8. The first kappa shape index (κ1) is 24.8. The zero-order chi connectivity index (χ0) is 24.0. The van der Waals surface area contributed by atoms with Crippen molar-refractivity contribution in [1.29, 1.82) is 0 Å². The Hall–Kier alpha value is -2.82. The van der Waals surface area contributed by atoms with Crippen LogP contribution >= 0.6 is 39.3 Å². The Kier molecular flexibility index (Phi) is 8.54. The van der Waals surface area contributed by atoms with Gasteiger partial charge in [-0.2, -0.15) is 0 Å². The summed E-state index contributed by atoms with van der Waals surface area (Å²) in [6.45, 7) is 1.17. The molecule has 0 aromatic heterocycles. The van der Waals surface area contributed by atoms with E-state index in [0.29, 0.717) is 38.3 Å². The fraction of sp³-hybridized carbons (Fsp3) is 0.182. The summed E-state index contributed by atoms with van der Waals surface area (Å²) >= 11 is 9.96. The fourth-order valence-corrected chi connectivity index (χ4v) is 4.19. The molecular weight excluding hydrogens is 536 g/mol. The molecule has 33 heavy (non-hydrogen) atoms. The second kappa shape index (κ2) is 11.4. The number of esters is 1. The third-order valence-electron chi connectivity index (χ3n) is 4.19. The topological polar surface area (TPSA) is 102 Å². The van der Waals surface area contributed by atoms with Gasteiger partial charge in [0.2, 0.25) is 5.91 Å². The number of anilines is 1. The molecule has 3 amide bonds. The Balaban J connectivity index is 1.73. The molecule has 0 atom stereocenters. The summed E-state index contributed by atoms with van der Waals surface area (Å²) in [5.74, 6) is -1.35. The van der Waals surface area contributed by atoms with Crippen molar-refractivity contribution in [2.45, 2.75) is 6.92 Å². The second-order valence-electron chi connectivity index (χ2n) is 6.60. The molecule has 0 bridgehead atoms. The van der Waals surface area contributed by atoms with Gasteiger partial charge in [0.1, 0.15) is 12.3 Å². The number of imide groups is 1. The molecule has 0 unspecified atom stereocenters. The van der Waals surface area contributed by atoms with E-state index >= 15 is 0 Å². The molecule has 2 aromatic rings. The predicted octanol–water partition coefficient (Wildman–Crippen LogP) is 4.72. The summed E-state index contributed by atoms with van der Waals surface area (Å²) in [4.78, 5) is 50.1. The minimum absolute atomic E-state index is 0.120. The minimum atomic E-state index is -0.609. The number of benzene rings is 2. The number of carbonyl (C=O) groups is 4. The monoisotopic (exact) mass is 552 g/mol. The first-order chi connectivity index (χ1) is 15.8. The van der Waals surface area contributed by atoms with Gasteiger partial charge in [-0.15, -0.1) is 0 Å². The number of halogens is 2. The molecule has 11 heteroatoms. The maximum Gasteiger partial charge on any atom is 0.344 e. The van der Waals surface area contributed by atoms with Crippen molar-refractivity contribution in [2.75, 3.05) is 25.1 Å². The maximum absolute atomic E-state index is 12.8. The predicted molar refractivity (Wildman–Crippen MR) is 129 cm³/mol. The SMILES string of the molecule is CCOC(=O)COc1ccc(Br)cc1/C=C1/SC(=O)N(CC(=O)Nc2cccc(Cl)c2)C1=O. The van der Waals surface area contributed by atoms with Crippen LogP contribution in [0.15, 0.2) is 51.8 Å². The zero-order valence-electron chi connectivity index (χ0n) is 17.3. The highest BCUT2D eigenvalue weighted by molar-refractivity contribution is 9.10. The summed E-state index contributed by atoms with van der Waals surface area (Å²) in [6, 6.07) is 11.5. The van der Waals surface area contributed by atoms with Crippen LogP contribution < -0.4 is 10.1 Å². The number of hydrogen-bond acceptors (Lipinski definition) is 7. The quantitative estimate of drug-likeness (QED) is 0.373. The first-order valence-corrected chi connectivity index (χ1v) is 11.6. The van der Waals surface area contributed by atoms with Gasteiger partial charge in [0.05, 0.1) is 11.5 Å². The van der Waals surface area contributed by atoms with Crippen LogP contribution in [0.25, 0.3) is 6.08 Å². The number of amides is 3. The van der Waals surface area contributed by atoms with Crippen LogP contribution in [-0.2, 0) is 19.1 Å². The van der Waals surface area contributed by atoms with E-state index in [4.69, 9.17) is 21.1 Å². The van der Waals surface area contributed by atoms with Crippen molar-refractivity contribution in [3.63, 3.8) is 0 Å². The van der Waals surface area contributed by atoms with Crippen molar-refractivity contribution >= 4 is 74.1 Å². The molecule has 1 aliphatic heterocycles. The van der Waals surface area contributed by atoms with Gasteiger partial charge >= 0.3 is 5.97 Å². The van der Waals surface area contributed by atoms with Crippen LogP contribution in [0.4, 0.5) is 10.5 Å². The Bertz CT molecular complexity index is 1140. The third-order valence-corrected chi connectivity index (χ3v) is 5.83. The highest BCUT2D eigenvalue weighted by Crippen LogP contribution is 2.35. The van der Waals surface area contributed by atoms with E-state index in [-0.39, 0.29) is 18.1 Å². The molecule has 0 radical (unpaired) electrons. The van der Waals surface area contributed by atoms with E-state index < -0.39 is 29.6 Å². The first-order valence-electron chi connectivity index (χ1n) is 9.65. The third kappa shape index (κ3) is 6.83. The Morgan fingerprint density at radius 3 is 2.73 bits per heavy atom. The summed E-state index contributed by atoms with van der Waals surface area (Å²) in [5, 5.41) is 2.47. The van der Waals surface area contributed by atoms with Crippen molar-refractivity contribution in [3.05, 3.63) is 62.4 Å². The molecule has 1 saturated heterocycles. The molecule has 1 aliphatic rings. The molecule has 1 fully saturated rings. The molecular formula is C22H18BrClN2O6S. The molecule has 1 N–H and O–H groups in total. The zero-order valence-corrected chi connectivity index (χ0v) is 20.5. The van der Waals surface area contributed by atoms with E-state index in [0.717, 1.165) is 4.90 Å². The van der Waals surface area contributed by atoms with E-state index in [1.54, 1.807) is 49.4 Å². The van der Waals surface area contributed by atoms with E-state index in [1.807, 2.05) is 0 Å². The maximum atomic E-state index is 12.8. The number of nitrogens with zero attached hydrogens (tertiary/aromatic N) is 1. The second-order valence-corrected chi connectivity index (χ2v) is 8.95. The smallest absolute Gasteiger partial charge is 0.344 e. The average Bonchev–Trinajstić information content (AvgIpc) is 3.00. The van der Waals surface area contributed by atoms with Crippen molar-refractivity contribution in [3.8, 4) is 5.75 Å². The van der Waals surface area contributed by atoms with E-state index in [9.17, 15) is 19.2 Å². The summed E-state index contributed by atoms with van der Waals surface area (Å²) in [7, 11) is 0. The molecule has 1 heterocycles. The molecule has 2 aromatic carbocycles. The summed E-state index contributed by atoms with van der Waals surface area (Å²) in [6.07, 6.45) is 1.48. The minimum Gasteiger partial charge on any atom is -0.481 e. The lowest BCUT2D eigenvalue weighted by Gasteiger charge is -2.12. The van der Waals surface area contributed by atoms with Crippen LogP contribution in [0.5, 0.6) is 5.75 Å². The van der Waals surface area contributed by atoms with Gasteiger partial charge in [0.25, 0.3) is 11.1 Å². The molecule has 0 spiro atoms. The van der Waals surface area contributed by atoms with Gasteiger partial charge in [-0.25, -0.2) is 4.79 Å². The Morgan fingerprint density at radius 1 is 1.21 bits per heavy atom. The number of nitrogens with one attached hydrogen (secondary N) is 1. The highest BCUT2D eigenvalue weighted by atomic mass is 79.9. The van der Waals surface area contributed by atoms with Crippen LogP contribution in [0.2, 0.25) is 5.02 Å². The van der Waals surface area contributed by atoms with Crippen molar-refractivity contribution < 1.29 is 28.7 Å². The van der Waals surface area contributed by atoms with Crippen LogP contribution in [-0.4, -0.2) is 47.7 Å². The van der Waals surface area contributed by atoms with Gasteiger partial charge in [0.15, 0.2) is 6.61 Å². The number of ether oxygens (including phenoxy) is 2. The average molecular weight is 554 g/mol. The molecule has 3 rings (SSSR count). The molecule has 0 saturated carbocycles. The highest BCUT2D eigenvalue weighted by Gasteiger charge is 2.36. The fourth-order valence-electron chi connectivity index (χ4n) is 2.79. The van der Waals surface area contributed by atoms with Crippen molar-refractivity contribution in [1.82, 2.24) is 4.90 Å². The number of carbonyl (C=O) groups excluding carboxylic acids is 4. The number of thioether (sulfide) groups is 1. The van der Waals surface area contributed by atoms with E-state index in [2.05, 4.69) is 21.2 Å². The van der Waals surface area contributed by atoms with Gasteiger partial charge < -0.3 is 14.8 Å². The normalized spacial score (nSPS) is 14.5. The van der Waals surface area contributed by atoms with E-state index in [1.165, 1.54) is 6.08 Å². The standard InChI is InChI=1S/C22H18BrClN2O6S/c1-2-31-20(28)12-32-17-7-6-14(23)8-13(17)9-18-21(29)26(22(30)33-18)11-19(27)25-16-5-3-4-15(24)10-16/h3-10H,2,11-12H2,1H3,(H,25,27)/b18-9+. The lowest BCUT2D eigenvalue weighted by molar-refractivity contribution is -0.145. The van der Waals surface area contributed by atoms with Gasteiger partial charge in [-0.05, 0) is 61.2 Å².